The van der Waals surface area contributed by atoms with Gasteiger partial charge in [-0.15, -0.1) is 0 Å². The first-order valence-corrected chi connectivity index (χ1v) is 15.2. The van der Waals surface area contributed by atoms with Crippen molar-refractivity contribution in [3.63, 3.8) is 0 Å². The highest BCUT2D eigenvalue weighted by molar-refractivity contribution is 7.92. The molecule has 214 valence electrons. The molecule has 10 heteroatoms. The molecular weight excluding hydrogens is 569 g/mol. The van der Waals surface area contributed by atoms with Crippen molar-refractivity contribution in [1.29, 1.82) is 0 Å². The summed E-state index contributed by atoms with van der Waals surface area (Å²) in [5, 5.41) is 3.56. The number of nitrogens with zero attached hydrogens (tertiary/aromatic N) is 2. The third kappa shape index (κ3) is 7.56. The fourth-order valence-electron chi connectivity index (χ4n) is 4.45. The molecule has 0 aromatic heterocycles. The molecule has 3 rings (SSSR count). The Hall–Kier alpha value is -3.07. The first kappa shape index (κ1) is 31.5. The standard InChI is InChI=1S/C30H35Cl2N3O4S/c1-6-27(30(37)33-20(2)3)34(18-23-13-14-25(31)26(32)17-23)29(36)19-35(28-15-12-21(4)16-22(28)5)40(38,39)24-10-8-7-9-11-24/h7-17,20,27H,6,18-19H2,1-5H3,(H,33,37)/t27-/m0/s1. The van der Waals surface area contributed by atoms with Gasteiger partial charge in [0.1, 0.15) is 12.6 Å². The van der Waals surface area contributed by atoms with E-state index in [4.69, 9.17) is 23.2 Å². The number of hydrogen-bond donors (Lipinski definition) is 1. The van der Waals surface area contributed by atoms with E-state index in [9.17, 15) is 18.0 Å². The van der Waals surface area contributed by atoms with Crippen LogP contribution >= 0.6 is 23.2 Å². The molecule has 3 aromatic carbocycles. The van der Waals surface area contributed by atoms with E-state index in [1.54, 1.807) is 55.5 Å². The van der Waals surface area contributed by atoms with Gasteiger partial charge in [0, 0.05) is 12.6 Å². The molecule has 7 nitrogen and oxygen atoms in total. The Kier molecular flexibility index (Phi) is 10.6. The molecular formula is C30H35Cl2N3O4S. The minimum Gasteiger partial charge on any atom is -0.352 e. The number of amides is 2. The minimum absolute atomic E-state index is 0.0336. The first-order valence-electron chi connectivity index (χ1n) is 13.0. The lowest BCUT2D eigenvalue weighted by Gasteiger charge is -2.34. The van der Waals surface area contributed by atoms with E-state index in [1.165, 1.54) is 17.0 Å². The molecule has 0 bridgehead atoms. The second-order valence-electron chi connectivity index (χ2n) is 9.97. The van der Waals surface area contributed by atoms with Crippen LogP contribution in [-0.4, -0.2) is 43.8 Å². The van der Waals surface area contributed by atoms with Gasteiger partial charge in [-0.3, -0.25) is 13.9 Å². The summed E-state index contributed by atoms with van der Waals surface area (Å²) in [6, 6.07) is 17.4. The maximum absolute atomic E-state index is 14.1. The van der Waals surface area contributed by atoms with Crippen LogP contribution in [0.5, 0.6) is 0 Å². The molecule has 0 radical (unpaired) electrons. The normalized spacial score (nSPS) is 12.2. The Labute approximate surface area is 247 Å². The number of carbonyl (C=O) groups is 2. The van der Waals surface area contributed by atoms with Crippen molar-refractivity contribution in [3.8, 4) is 0 Å². The van der Waals surface area contributed by atoms with Crippen molar-refractivity contribution >= 4 is 50.7 Å². The van der Waals surface area contributed by atoms with Crippen molar-refractivity contribution in [2.45, 2.75) is 64.6 Å². The number of aryl methyl sites for hydroxylation is 2. The molecule has 0 fully saturated rings. The van der Waals surface area contributed by atoms with E-state index in [2.05, 4.69) is 5.32 Å². The largest absolute Gasteiger partial charge is 0.352 e. The van der Waals surface area contributed by atoms with Gasteiger partial charge in [-0.1, -0.05) is 72.1 Å². The van der Waals surface area contributed by atoms with Crippen LogP contribution in [0.3, 0.4) is 0 Å². The molecule has 0 aliphatic carbocycles. The summed E-state index contributed by atoms with van der Waals surface area (Å²) < 4.78 is 29.0. The van der Waals surface area contributed by atoms with Gasteiger partial charge in [-0.2, -0.15) is 0 Å². The van der Waals surface area contributed by atoms with Crippen molar-refractivity contribution in [2.24, 2.45) is 0 Å². The molecule has 0 aliphatic heterocycles. The van der Waals surface area contributed by atoms with Crippen LogP contribution in [0.15, 0.2) is 71.6 Å². The molecule has 0 saturated carbocycles. The van der Waals surface area contributed by atoms with Crippen LogP contribution in [0.25, 0.3) is 0 Å². The number of halogens is 2. The van der Waals surface area contributed by atoms with E-state index in [0.29, 0.717) is 33.3 Å². The van der Waals surface area contributed by atoms with Crippen LogP contribution < -0.4 is 9.62 Å². The molecule has 0 unspecified atom stereocenters. The van der Waals surface area contributed by atoms with Crippen LogP contribution in [0.2, 0.25) is 10.0 Å². The minimum atomic E-state index is -4.13. The predicted molar refractivity (Wildman–Crippen MR) is 161 cm³/mol. The highest BCUT2D eigenvalue weighted by Crippen LogP contribution is 2.29. The molecule has 1 atom stereocenters. The van der Waals surface area contributed by atoms with Crippen LogP contribution in [0.1, 0.15) is 43.9 Å². The zero-order valence-electron chi connectivity index (χ0n) is 23.3. The number of carbonyl (C=O) groups excluding carboxylic acids is 2. The smallest absolute Gasteiger partial charge is 0.264 e. The molecule has 2 amide bonds. The lowest BCUT2D eigenvalue weighted by Crippen LogP contribution is -2.53. The molecule has 1 N–H and O–H groups in total. The SMILES string of the molecule is CC[C@@H](C(=O)NC(C)C)N(Cc1ccc(Cl)c(Cl)c1)C(=O)CN(c1ccc(C)cc1C)S(=O)(=O)c1ccccc1. The van der Waals surface area contributed by atoms with E-state index >= 15 is 0 Å². The van der Waals surface area contributed by atoms with Crippen molar-refractivity contribution < 1.29 is 18.0 Å². The summed E-state index contributed by atoms with van der Waals surface area (Å²) >= 11 is 12.3. The van der Waals surface area contributed by atoms with E-state index in [1.807, 2.05) is 33.8 Å². The summed E-state index contributed by atoms with van der Waals surface area (Å²) in [5.74, 6) is -0.855. The monoisotopic (exact) mass is 603 g/mol. The van der Waals surface area contributed by atoms with E-state index < -0.39 is 28.5 Å². The zero-order chi connectivity index (χ0) is 29.6. The lowest BCUT2D eigenvalue weighted by atomic mass is 10.1. The number of rotatable bonds is 11. The number of hydrogen-bond acceptors (Lipinski definition) is 4. The summed E-state index contributed by atoms with van der Waals surface area (Å²) in [7, 11) is -4.13. The summed E-state index contributed by atoms with van der Waals surface area (Å²) in [4.78, 5) is 28.8. The average Bonchev–Trinajstić information content (AvgIpc) is 2.89. The van der Waals surface area contributed by atoms with Gasteiger partial charge in [-0.05, 0) is 75.6 Å². The van der Waals surface area contributed by atoms with Gasteiger partial charge in [0.25, 0.3) is 10.0 Å². The lowest BCUT2D eigenvalue weighted by molar-refractivity contribution is -0.140. The molecule has 0 heterocycles. The zero-order valence-corrected chi connectivity index (χ0v) is 25.6. The molecule has 0 spiro atoms. The second kappa shape index (κ2) is 13.5. The van der Waals surface area contributed by atoms with Gasteiger partial charge >= 0.3 is 0 Å². The number of sulfonamides is 1. The Morgan fingerprint density at radius 3 is 2.17 bits per heavy atom. The van der Waals surface area contributed by atoms with E-state index in [0.717, 1.165) is 9.87 Å². The van der Waals surface area contributed by atoms with Crippen molar-refractivity contribution in [3.05, 3.63) is 93.5 Å². The summed E-state index contributed by atoms with van der Waals surface area (Å²) in [6.07, 6.45) is 0.320. The van der Waals surface area contributed by atoms with Crippen molar-refractivity contribution in [2.75, 3.05) is 10.8 Å². The highest BCUT2D eigenvalue weighted by Gasteiger charge is 2.34. The molecule has 40 heavy (non-hydrogen) atoms. The third-order valence-electron chi connectivity index (χ3n) is 6.38. The Morgan fingerprint density at radius 1 is 0.925 bits per heavy atom. The Bertz CT molecular complexity index is 1460. The average molecular weight is 605 g/mol. The number of anilines is 1. The Morgan fingerprint density at radius 2 is 1.60 bits per heavy atom. The maximum Gasteiger partial charge on any atom is 0.264 e. The topological polar surface area (TPSA) is 86.8 Å². The van der Waals surface area contributed by atoms with Gasteiger partial charge in [0.2, 0.25) is 11.8 Å². The van der Waals surface area contributed by atoms with Crippen LogP contribution in [-0.2, 0) is 26.2 Å². The summed E-state index contributed by atoms with van der Waals surface area (Å²) in [6.45, 7) is 8.73. The van der Waals surface area contributed by atoms with E-state index in [-0.39, 0.29) is 23.4 Å². The number of nitrogens with one attached hydrogen (secondary N) is 1. The maximum atomic E-state index is 14.1. The van der Waals surface area contributed by atoms with Gasteiger partial charge < -0.3 is 10.2 Å². The quantitative estimate of drug-likeness (QED) is 0.285. The first-order chi connectivity index (χ1) is 18.8. The van der Waals surface area contributed by atoms with Gasteiger partial charge in [-0.25, -0.2) is 8.42 Å². The summed E-state index contributed by atoms with van der Waals surface area (Å²) in [5.41, 5.74) is 2.70. The van der Waals surface area contributed by atoms with Crippen LogP contribution in [0, 0.1) is 13.8 Å². The van der Waals surface area contributed by atoms with Crippen molar-refractivity contribution in [1.82, 2.24) is 10.2 Å². The highest BCUT2D eigenvalue weighted by atomic mass is 35.5. The predicted octanol–water partition coefficient (Wildman–Crippen LogP) is 6.14. The molecule has 0 aliphatic rings. The van der Waals surface area contributed by atoms with Crippen LogP contribution in [0.4, 0.5) is 5.69 Å². The molecule has 3 aromatic rings. The Balaban J connectivity index is 2.10. The number of benzene rings is 3. The second-order valence-corrected chi connectivity index (χ2v) is 12.6. The fraction of sp³-hybridized carbons (Fsp3) is 0.333. The van der Waals surface area contributed by atoms with Gasteiger partial charge in [0.05, 0.1) is 20.6 Å². The van der Waals surface area contributed by atoms with Gasteiger partial charge in [0.15, 0.2) is 0 Å². The fourth-order valence-corrected chi connectivity index (χ4v) is 6.27. The third-order valence-corrected chi connectivity index (χ3v) is 8.90. The molecule has 0 saturated heterocycles.